The number of methoxy groups -OCH3 is 1. The lowest BCUT2D eigenvalue weighted by molar-refractivity contribution is 0.0625. The third-order valence-corrected chi connectivity index (χ3v) is 5.33. The average molecular weight is 391 g/mol. The van der Waals surface area contributed by atoms with Gasteiger partial charge in [-0.25, -0.2) is 0 Å². The fourth-order valence-corrected chi connectivity index (χ4v) is 3.57. The van der Waals surface area contributed by atoms with Crippen molar-refractivity contribution in [3.63, 3.8) is 0 Å². The van der Waals surface area contributed by atoms with Gasteiger partial charge in [0, 0.05) is 63.3 Å². The van der Waals surface area contributed by atoms with Gasteiger partial charge in [0.15, 0.2) is 0 Å². The predicted molar refractivity (Wildman–Crippen MR) is 111 cm³/mol. The highest BCUT2D eigenvalue weighted by atomic mass is 16.5. The zero-order valence-corrected chi connectivity index (χ0v) is 16.8. The second-order valence-corrected chi connectivity index (χ2v) is 7.18. The van der Waals surface area contributed by atoms with E-state index in [2.05, 4.69) is 21.0 Å². The first-order chi connectivity index (χ1) is 14.1. The second-order valence-electron chi connectivity index (χ2n) is 7.18. The minimum absolute atomic E-state index is 0.0767. The summed E-state index contributed by atoms with van der Waals surface area (Å²) in [6.07, 6.45) is 3.56. The molecule has 7 heteroatoms. The van der Waals surface area contributed by atoms with Crippen LogP contribution >= 0.6 is 0 Å². The zero-order valence-electron chi connectivity index (χ0n) is 16.8. The molecule has 1 amide bonds. The van der Waals surface area contributed by atoms with Crippen LogP contribution in [0.4, 0.5) is 0 Å². The molecule has 3 aromatic rings. The summed E-state index contributed by atoms with van der Waals surface area (Å²) in [4.78, 5) is 21.1. The van der Waals surface area contributed by atoms with Gasteiger partial charge >= 0.3 is 0 Å². The third kappa shape index (κ3) is 4.30. The molecule has 1 aliphatic heterocycles. The van der Waals surface area contributed by atoms with Crippen molar-refractivity contribution in [2.75, 3.05) is 33.3 Å². The Morgan fingerprint density at radius 3 is 2.38 bits per heavy atom. The highest BCUT2D eigenvalue weighted by molar-refractivity contribution is 5.94. The maximum atomic E-state index is 12.7. The first-order valence-electron chi connectivity index (χ1n) is 9.73. The number of carbonyl (C=O) groups is 1. The number of hydrogen-bond acceptors (Lipinski definition) is 5. The van der Waals surface area contributed by atoms with Crippen molar-refractivity contribution >= 4 is 5.91 Å². The third-order valence-electron chi connectivity index (χ3n) is 5.33. The monoisotopic (exact) mass is 391 g/mol. The number of pyridine rings is 1. The summed E-state index contributed by atoms with van der Waals surface area (Å²) < 4.78 is 7.10. The Labute approximate surface area is 170 Å². The van der Waals surface area contributed by atoms with Crippen LogP contribution in [0.15, 0.2) is 54.9 Å². The van der Waals surface area contributed by atoms with E-state index in [1.807, 2.05) is 53.0 Å². The fraction of sp³-hybridized carbons (Fsp3) is 0.318. The van der Waals surface area contributed by atoms with Gasteiger partial charge in [-0.3, -0.25) is 19.4 Å². The molecule has 150 valence electrons. The van der Waals surface area contributed by atoms with Gasteiger partial charge in [0.25, 0.3) is 5.91 Å². The second kappa shape index (κ2) is 8.45. The Kier molecular flexibility index (Phi) is 5.57. The molecule has 1 aliphatic rings. The maximum absolute atomic E-state index is 12.7. The van der Waals surface area contributed by atoms with Crippen LogP contribution in [0, 0.1) is 0 Å². The Bertz CT molecular complexity index is 961. The molecule has 1 saturated heterocycles. The summed E-state index contributed by atoms with van der Waals surface area (Å²) in [5, 5.41) is 4.63. The van der Waals surface area contributed by atoms with Crippen molar-refractivity contribution in [2.45, 2.75) is 6.54 Å². The molecule has 0 saturated carbocycles. The summed E-state index contributed by atoms with van der Waals surface area (Å²) >= 11 is 0. The smallest absolute Gasteiger partial charge is 0.253 e. The van der Waals surface area contributed by atoms with Crippen molar-refractivity contribution in [3.8, 4) is 17.0 Å². The minimum Gasteiger partial charge on any atom is -0.497 e. The molecular formula is C22H25N5O2. The number of piperazine rings is 1. The van der Waals surface area contributed by atoms with Crippen molar-refractivity contribution in [3.05, 3.63) is 66.1 Å². The van der Waals surface area contributed by atoms with Crippen molar-refractivity contribution in [1.29, 1.82) is 0 Å². The Balaban J connectivity index is 1.35. The van der Waals surface area contributed by atoms with Gasteiger partial charge in [0.05, 0.1) is 18.5 Å². The predicted octanol–water partition coefficient (Wildman–Crippen LogP) is 2.45. The molecule has 4 rings (SSSR count). The molecule has 0 bridgehead atoms. The molecule has 1 fully saturated rings. The van der Waals surface area contributed by atoms with E-state index in [9.17, 15) is 4.79 Å². The average Bonchev–Trinajstić information content (AvgIpc) is 3.14. The number of amides is 1. The molecular weight excluding hydrogens is 366 g/mol. The summed E-state index contributed by atoms with van der Waals surface area (Å²) in [6.45, 7) is 3.95. The maximum Gasteiger partial charge on any atom is 0.253 e. The van der Waals surface area contributed by atoms with E-state index >= 15 is 0 Å². The Morgan fingerprint density at radius 1 is 1.03 bits per heavy atom. The topological polar surface area (TPSA) is 63.5 Å². The van der Waals surface area contributed by atoms with E-state index < -0.39 is 0 Å². The fourth-order valence-electron chi connectivity index (χ4n) is 3.57. The molecule has 7 nitrogen and oxygen atoms in total. The minimum atomic E-state index is 0.0767. The number of rotatable bonds is 5. The van der Waals surface area contributed by atoms with E-state index in [-0.39, 0.29) is 5.91 Å². The van der Waals surface area contributed by atoms with Crippen molar-refractivity contribution < 1.29 is 9.53 Å². The summed E-state index contributed by atoms with van der Waals surface area (Å²) in [5.74, 6) is 0.835. The Hall–Kier alpha value is -3.19. The van der Waals surface area contributed by atoms with Gasteiger partial charge in [-0.05, 0) is 42.5 Å². The highest BCUT2D eigenvalue weighted by Crippen LogP contribution is 2.20. The lowest BCUT2D eigenvalue weighted by Gasteiger charge is -2.34. The van der Waals surface area contributed by atoms with Crippen LogP contribution in [-0.4, -0.2) is 63.8 Å². The number of nitrogens with zero attached hydrogens (tertiary/aromatic N) is 5. The van der Waals surface area contributed by atoms with Gasteiger partial charge < -0.3 is 9.64 Å². The molecule has 1 aromatic carbocycles. The number of hydrogen-bond donors (Lipinski definition) is 0. The quantitative estimate of drug-likeness (QED) is 0.669. The van der Waals surface area contributed by atoms with Crippen LogP contribution in [0.5, 0.6) is 5.75 Å². The summed E-state index contributed by atoms with van der Waals surface area (Å²) in [6, 6.07) is 13.4. The van der Waals surface area contributed by atoms with Gasteiger partial charge in [-0.1, -0.05) is 0 Å². The van der Waals surface area contributed by atoms with Crippen LogP contribution in [0.3, 0.4) is 0 Å². The summed E-state index contributed by atoms with van der Waals surface area (Å²) in [7, 11) is 3.60. The van der Waals surface area contributed by atoms with Gasteiger partial charge in [0.2, 0.25) is 0 Å². The largest absolute Gasteiger partial charge is 0.497 e. The molecule has 3 heterocycles. The van der Waals surface area contributed by atoms with Crippen LogP contribution in [0.1, 0.15) is 16.1 Å². The molecule has 0 atom stereocenters. The van der Waals surface area contributed by atoms with Crippen LogP contribution in [0.2, 0.25) is 0 Å². The molecule has 2 aromatic heterocycles. The number of aromatic nitrogens is 3. The molecule has 0 N–H and O–H groups in total. The molecule has 0 aliphatic carbocycles. The molecule has 0 radical (unpaired) electrons. The van der Waals surface area contributed by atoms with E-state index in [0.29, 0.717) is 5.56 Å². The van der Waals surface area contributed by atoms with Crippen LogP contribution in [-0.2, 0) is 13.6 Å². The van der Waals surface area contributed by atoms with Crippen LogP contribution < -0.4 is 4.74 Å². The van der Waals surface area contributed by atoms with Crippen molar-refractivity contribution in [2.24, 2.45) is 7.05 Å². The van der Waals surface area contributed by atoms with Crippen LogP contribution in [0.25, 0.3) is 11.3 Å². The lowest BCUT2D eigenvalue weighted by Crippen LogP contribution is -2.48. The first kappa shape index (κ1) is 19.1. The summed E-state index contributed by atoms with van der Waals surface area (Å²) in [5.41, 5.74) is 3.88. The number of aryl methyl sites for hydroxylation is 1. The van der Waals surface area contributed by atoms with E-state index in [0.717, 1.165) is 55.4 Å². The standard InChI is InChI=1S/C22H25N5O2/c1-25-19(15-21(24-25)17-7-9-23-10-8-17)16-26-11-13-27(14-12-26)22(28)18-3-5-20(29-2)6-4-18/h3-10,15H,11-14,16H2,1-2H3. The number of ether oxygens (including phenoxy) is 1. The van der Waals surface area contributed by atoms with E-state index in [1.54, 1.807) is 19.5 Å². The molecule has 0 spiro atoms. The number of carbonyl (C=O) groups excluding carboxylic acids is 1. The van der Waals surface area contributed by atoms with Gasteiger partial charge in [-0.15, -0.1) is 0 Å². The van der Waals surface area contributed by atoms with Crippen molar-refractivity contribution in [1.82, 2.24) is 24.6 Å². The van der Waals surface area contributed by atoms with E-state index in [1.165, 1.54) is 0 Å². The zero-order chi connectivity index (χ0) is 20.2. The SMILES string of the molecule is COc1ccc(C(=O)N2CCN(Cc3cc(-c4ccncc4)nn3C)CC2)cc1. The van der Waals surface area contributed by atoms with Gasteiger partial charge in [-0.2, -0.15) is 5.10 Å². The molecule has 29 heavy (non-hydrogen) atoms. The molecule has 0 unspecified atom stereocenters. The van der Waals surface area contributed by atoms with Gasteiger partial charge in [0.1, 0.15) is 5.75 Å². The first-order valence-corrected chi connectivity index (χ1v) is 9.73. The Morgan fingerprint density at radius 2 is 1.72 bits per heavy atom. The normalized spacial score (nSPS) is 14.8. The highest BCUT2D eigenvalue weighted by Gasteiger charge is 2.23. The lowest BCUT2D eigenvalue weighted by atomic mass is 10.1. The van der Waals surface area contributed by atoms with E-state index in [4.69, 9.17) is 4.74 Å². The number of benzene rings is 1.